The quantitative estimate of drug-likeness (QED) is 0.327. The van der Waals surface area contributed by atoms with Gasteiger partial charge in [-0.2, -0.15) is 0 Å². The molecule has 33 heavy (non-hydrogen) atoms. The van der Waals surface area contributed by atoms with Crippen molar-refractivity contribution in [1.82, 2.24) is 9.62 Å². The maximum atomic E-state index is 12.3. The Morgan fingerprint density at radius 2 is 1.76 bits per heavy atom. The van der Waals surface area contributed by atoms with Crippen molar-refractivity contribution in [2.75, 3.05) is 39.2 Å². The first kappa shape index (κ1) is 25.2. The third-order valence-electron chi connectivity index (χ3n) is 5.40. The number of amides is 1. The van der Waals surface area contributed by atoms with Gasteiger partial charge in [0.2, 0.25) is 0 Å². The lowest BCUT2D eigenvalue weighted by molar-refractivity contribution is -0.123. The molecule has 0 aliphatic carbocycles. The van der Waals surface area contributed by atoms with Gasteiger partial charge in [0.05, 0.1) is 23.6 Å². The molecular weight excluding hydrogens is 462 g/mol. The fraction of sp³-hybridized carbons (Fsp3) is 0.391. The van der Waals surface area contributed by atoms with Crippen LogP contribution in [-0.2, 0) is 24.4 Å². The summed E-state index contributed by atoms with van der Waals surface area (Å²) in [5.41, 5.74) is 1.01. The highest BCUT2D eigenvalue weighted by Crippen LogP contribution is 2.25. The third-order valence-corrected chi connectivity index (χ3v) is 7.53. The topological polar surface area (TPSA) is 97.3 Å². The molecule has 1 aliphatic heterocycles. The van der Waals surface area contributed by atoms with Crippen LogP contribution in [0.15, 0.2) is 69.5 Å². The smallest absolute Gasteiger partial charge is 0.274 e. The first-order chi connectivity index (χ1) is 15.7. The van der Waals surface area contributed by atoms with E-state index in [1.165, 1.54) is 12.1 Å². The maximum absolute atomic E-state index is 12.3. The number of morpholine rings is 1. The molecule has 0 atom stereocenters. The fourth-order valence-corrected chi connectivity index (χ4v) is 4.93. The SMILES string of the molecule is CSc1ccc(C(=NOCC(=O)NS(=O)(=O)c2ccccc2)C(C)(C)N2CCOCC2)cc1. The Balaban J connectivity index is 1.77. The molecule has 1 fully saturated rings. The van der Waals surface area contributed by atoms with Crippen LogP contribution in [0.3, 0.4) is 0 Å². The summed E-state index contributed by atoms with van der Waals surface area (Å²) in [4.78, 5) is 21.0. The molecule has 0 saturated carbocycles. The molecule has 1 N–H and O–H groups in total. The second-order valence-electron chi connectivity index (χ2n) is 7.94. The number of oxime groups is 1. The highest BCUT2D eigenvalue weighted by molar-refractivity contribution is 7.98. The largest absolute Gasteiger partial charge is 0.385 e. The van der Waals surface area contributed by atoms with Crippen molar-refractivity contribution in [3.05, 3.63) is 60.2 Å². The van der Waals surface area contributed by atoms with Gasteiger partial charge in [0.15, 0.2) is 6.61 Å². The average molecular weight is 492 g/mol. The number of thioether (sulfide) groups is 1. The lowest BCUT2D eigenvalue weighted by atomic mass is 9.90. The number of benzene rings is 2. The molecule has 0 radical (unpaired) electrons. The van der Waals surface area contributed by atoms with Crippen molar-refractivity contribution >= 4 is 33.4 Å². The Morgan fingerprint density at radius 1 is 1.12 bits per heavy atom. The zero-order valence-electron chi connectivity index (χ0n) is 19.0. The molecule has 2 aromatic carbocycles. The van der Waals surface area contributed by atoms with Crippen molar-refractivity contribution in [3.8, 4) is 0 Å². The number of nitrogens with zero attached hydrogens (tertiary/aromatic N) is 2. The maximum Gasteiger partial charge on any atom is 0.274 e. The fourth-order valence-electron chi connectivity index (χ4n) is 3.53. The van der Waals surface area contributed by atoms with E-state index in [-0.39, 0.29) is 4.90 Å². The van der Waals surface area contributed by atoms with Gasteiger partial charge in [0.25, 0.3) is 15.9 Å². The number of carbonyl (C=O) groups is 1. The van der Waals surface area contributed by atoms with Crippen LogP contribution in [0.4, 0.5) is 0 Å². The monoisotopic (exact) mass is 491 g/mol. The molecule has 1 saturated heterocycles. The van der Waals surface area contributed by atoms with Crippen LogP contribution in [-0.4, -0.2) is 69.6 Å². The van der Waals surface area contributed by atoms with Crippen molar-refractivity contribution < 1.29 is 22.8 Å². The van der Waals surface area contributed by atoms with E-state index in [4.69, 9.17) is 9.57 Å². The van der Waals surface area contributed by atoms with E-state index in [1.54, 1.807) is 30.0 Å². The predicted molar refractivity (Wildman–Crippen MR) is 129 cm³/mol. The summed E-state index contributed by atoms with van der Waals surface area (Å²) in [6.45, 7) is 6.30. The van der Waals surface area contributed by atoms with Gasteiger partial charge < -0.3 is 9.57 Å². The van der Waals surface area contributed by atoms with Gasteiger partial charge >= 0.3 is 0 Å². The highest BCUT2D eigenvalue weighted by Gasteiger charge is 2.35. The van der Waals surface area contributed by atoms with E-state index in [0.29, 0.717) is 18.9 Å². The number of hydrogen-bond donors (Lipinski definition) is 1. The molecule has 2 aromatic rings. The molecule has 0 unspecified atom stereocenters. The molecule has 3 rings (SSSR count). The second kappa shape index (κ2) is 11.1. The van der Waals surface area contributed by atoms with Crippen molar-refractivity contribution in [2.45, 2.75) is 29.2 Å². The predicted octanol–water partition coefficient (Wildman–Crippen LogP) is 2.75. The third kappa shape index (κ3) is 6.57. The van der Waals surface area contributed by atoms with Crippen molar-refractivity contribution in [2.24, 2.45) is 5.16 Å². The van der Waals surface area contributed by atoms with Gasteiger partial charge in [-0.25, -0.2) is 13.1 Å². The second-order valence-corrected chi connectivity index (χ2v) is 10.5. The van der Waals surface area contributed by atoms with Crippen LogP contribution in [0.5, 0.6) is 0 Å². The van der Waals surface area contributed by atoms with Crippen LogP contribution in [0.2, 0.25) is 0 Å². The summed E-state index contributed by atoms with van der Waals surface area (Å²) in [5, 5.41) is 4.31. The van der Waals surface area contributed by atoms with E-state index in [9.17, 15) is 13.2 Å². The minimum absolute atomic E-state index is 0.00451. The van der Waals surface area contributed by atoms with Crippen molar-refractivity contribution in [3.63, 3.8) is 0 Å². The van der Waals surface area contributed by atoms with E-state index >= 15 is 0 Å². The standard InChI is InChI=1S/C23H29N3O5S2/c1-23(2,26-13-15-30-16-14-26)22(18-9-11-19(32-3)12-10-18)24-31-17-21(27)25-33(28,29)20-7-5-4-6-8-20/h4-12H,13-17H2,1-3H3,(H,25,27). The Kier molecular flexibility index (Phi) is 8.52. The van der Waals surface area contributed by atoms with Crippen LogP contribution in [0.25, 0.3) is 0 Å². The summed E-state index contributed by atoms with van der Waals surface area (Å²) >= 11 is 1.64. The Bertz CT molecular complexity index is 1070. The zero-order valence-corrected chi connectivity index (χ0v) is 20.6. The van der Waals surface area contributed by atoms with E-state index < -0.39 is 28.1 Å². The number of carbonyl (C=O) groups excluding carboxylic acids is 1. The highest BCUT2D eigenvalue weighted by atomic mass is 32.2. The van der Waals surface area contributed by atoms with Gasteiger partial charge in [-0.1, -0.05) is 35.5 Å². The summed E-state index contributed by atoms with van der Waals surface area (Å²) in [6, 6.07) is 15.6. The summed E-state index contributed by atoms with van der Waals surface area (Å²) < 4.78 is 32.2. The minimum atomic E-state index is -3.97. The summed E-state index contributed by atoms with van der Waals surface area (Å²) in [6.07, 6.45) is 2.01. The molecule has 178 valence electrons. The first-order valence-electron chi connectivity index (χ1n) is 10.5. The lowest BCUT2D eigenvalue weighted by Crippen LogP contribution is -2.54. The van der Waals surface area contributed by atoms with Crippen LogP contribution in [0, 0.1) is 0 Å². The van der Waals surface area contributed by atoms with E-state index in [0.717, 1.165) is 23.5 Å². The zero-order chi connectivity index (χ0) is 23.9. The number of sulfonamides is 1. The van der Waals surface area contributed by atoms with Gasteiger partial charge in [-0.15, -0.1) is 11.8 Å². The lowest BCUT2D eigenvalue weighted by Gasteiger charge is -2.41. The van der Waals surface area contributed by atoms with Gasteiger partial charge in [0.1, 0.15) is 5.71 Å². The van der Waals surface area contributed by atoms with E-state index in [1.807, 2.05) is 49.1 Å². The molecule has 1 heterocycles. The van der Waals surface area contributed by atoms with Crippen molar-refractivity contribution in [1.29, 1.82) is 0 Å². The normalized spacial score (nSPS) is 15.8. The Labute approximate surface area is 199 Å². The van der Waals surface area contributed by atoms with Gasteiger partial charge in [-0.3, -0.25) is 9.69 Å². The molecule has 10 heteroatoms. The van der Waals surface area contributed by atoms with Crippen LogP contribution >= 0.6 is 11.8 Å². The summed E-state index contributed by atoms with van der Waals surface area (Å²) in [5.74, 6) is -0.802. The molecule has 0 aromatic heterocycles. The molecule has 0 spiro atoms. The van der Waals surface area contributed by atoms with Gasteiger partial charge in [0, 0.05) is 23.5 Å². The van der Waals surface area contributed by atoms with Gasteiger partial charge in [-0.05, 0) is 44.4 Å². The Morgan fingerprint density at radius 3 is 2.36 bits per heavy atom. The summed E-state index contributed by atoms with van der Waals surface area (Å²) in [7, 11) is -3.97. The number of rotatable bonds is 9. The molecule has 0 bridgehead atoms. The molecule has 1 aliphatic rings. The van der Waals surface area contributed by atoms with E-state index in [2.05, 4.69) is 10.1 Å². The number of hydrogen-bond acceptors (Lipinski definition) is 8. The molecule has 1 amide bonds. The van der Waals surface area contributed by atoms with Crippen LogP contribution < -0.4 is 4.72 Å². The minimum Gasteiger partial charge on any atom is -0.385 e. The van der Waals surface area contributed by atoms with Crippen LogP contribution in [0.1, 0.15) is 19.4 Å². The average Bonchev–Trinajstić information content (AvgIpc) is 2.82. The Hall–Kier alpha value is -2.40. The first-order valence-corrected chi connectivity index (χ1v) is 13.2. The molecule has 8 nitrogen and oxygen atoms in total. The number of ether oxygens (including phenoxy) is 1. The number of nitrogens with one attached hydrogen (secondary N) is 1. The molecular formula is C23H29N3O5S2.